The number of piperidine rings is 1. The molecule has 20 heavy (non-hydrogen) atoms. The third-order valence-electron chi connectivity index (χ3n) is 3.83. The van der Waals surface area contributed by atoms with Crippen LogP contribution in [-0.2, 0) is 16.4 Å². The smallest absolute Gasteiger partial charge is 0.243 e. The molecular weight excluding hydrogens is 296 g/mol. The first-order valence-electron chi connectivity index (χ1n) is 6.84. The van der Waals surface area contributed by atoms with Crippen LogP contribution in [0.4, 0.5) is 0 Å². The first-order chi connectivity index (χ1) is 9.07. The van der Waals surface area contributed by atoms with Gasteiger partial charge in [-0.05, 0) is 44.0 Å². The zero-order valence-corrected chi connectivity index (χ0v) is 13.6. The van der Waals surface area contributed by atoms with Crippen molar-refractivity contribution in [1.29, 1.82) is 0 Å². The summed E-state index contributed by atoms with van der Waals surface area (Å²) in [5.74, 6) is 0. The van der Waals surface area contributed by atoms with E-state index in [1.807, 2.05) is 19.2 Å². The summed E-state index contributed by atoms with van der Waals surface area (Å²) in [5.41, 5.74) is 1.16. The Morgan fingerprint density at radius 3 is 2.20 bits per heavy atom. The predicted molar refractivity (Wildman–Crippen MR) is 83.9 cm³/mol. The van der Waals surface area contributed by atoms with E-state index in [1.54, 1.807) is 16.4 Å². The van der Waals surface area contributed by atoms with Crippen molar-refractivity contribution in [1.82, 2.24) is 9.62 Å². The average molecular weight is 319 g/mol. The second kappa shape index (κ2) is 7.41. The van der Waals surface area contributed by atoms with Crippen LogP contribution in [0.2, 0.25) is 0 Å². The Balaban J connectivity index is 0.00000200. The lowest BCUT2D eigenvalue weighted by molar-refractivity contribution is 0.298. The maximum Gasteiger partial charge on any atom is 0.243 e. The van der Waals surface area contributed by atoms with Crippen LogP contribution < -0.4 is 5.32 Å². The van der Waals surface area contributed by atoms with Crippen molar-refractivity contribution in [2.75, 3.05) is 20.1 Å². The van der Waals surface area contributed by atoms with Gasteiger partial charge in [0.15, 0.2) is 0 Å². The van der Waals surface area contributed by atoms with E-state index >= 15 is 0 Å². The second-order valence-electron chi connectivity index (χ2n) is 4.96. The fourth-order valence-electron chi connectivity index (χ4n) is 2.43. The number of halogens is 1. The molecule has 0 amide bonds. The van der Waals surface area contributed by atoms with Crippen LogP contribution in [0, 0.1) is 0 Å². The summed E-state index contributed by atoms with van der Waals surface area (Å²) in [6.45, 7) is 3.26. The van der Waals surface area contributed by atoms with E-state index < -0.39 is 10.0 Å². The molecule has 0 unspecified atom stereocenters. The standard InChI is InChI=1S/C14H22N2O2S.ClH/c1-3-12-4-6-14(7-5-12)19(17,18)16-10-8-13(15-2)9-11-16;/h4-7,13,15H,3,8-11H2,1-2H3;1H. The summed E-state index contributed by atoms with van der Waals surface area (Å²) in [7, 11) is -1.38. The highest BCUT2D eigenvalue weighted by Crippen LogP contribution is 2.21. The van der Waals surface area contributed by atoms with Gasteiger partial charge in [0.1, 0.15) is 0 Å². The quantitative estimate of drug-likeness (QED) is 0.924. The lowest BCUT2D eigenvalue weighted by Gasteiger charge is -2.31. The van der Waals surface area contributed by atoms with Gasteiger partial charge in [0.25, 0.3) is 0 Å². The largest absolute Gasteiger partial charge is 0.317 e. The Morgan fingerprint density at radius 2 is 1.75 bits per heavy atom. The molecular formula is C14H23ClN2O2S. The zero-order chi connectivity index (χ0) is 13.9. The molecule has 1 aromatic rings. The third kappa shape index (κ3) is 3.73. The lowest BCUT2D eigenvalue weighted by atomic mass is 10.1. The van der Waals surface area contributed by atoms with Gasteiger partial charge in [0.2, 0.25) is 10.0 Å². The second-order valence-corrected chi connectivity index (χ2v) is 6.90. The molecule has 0 atom stereocenters. The maximum atomic E-state index is 12.5. The number of sulfonamides is 1. The Kier molecular flexibility index (Phi) is 6.45. The summed E-state index contributed by atoms with van der Waals surface area (Å²) < 4.78 is 26.6. The van der Waals surface area contributed by atoms with Crippen molar-refractivity contribution >= 4 is 22.4 Å². The van der Waals surface area contributed by atoms with E-state index in [-0.39, 0.29) is 12.4 Å². The summed E-state index contributed by atoms with van der Waals surface area (Å²) >= 11 is 0. The van der Waals surface area contributed by atoms with E-state index in [0.29, 0.717) is 24.0 Å². The highest BCUT2D eigenvalue weighted by Gasteiger charge is 2.28. The summed E-state index contributed by atoms with van der Waals surface area (Å²) in [6, 6.07) is 7.67. The van der Waals surface area contributed by atoms with Crippen LogP contribution in [0.5, 0.6) is 0 Å². The Hall–Kier alpha value is -0.620. The summed E-state index contributed by atoms with van der Waals surface area (Å²) in [5, 5.41) is 3.21. The van der Waals surface area contributed by atoms with E-state index in [1.165, 1.54) is 0 Å². The molecule has 114 valence electrons. The van der Waals surface area contributed by atoms with Crippen LogP contribution in [0.25, 0.3) is 0 Å². The Morgan fingerprint density at radius 1 is 1.20 bits per heavy atom. The molecule has 1 N–H and O–H groups in total. The first kappa shape index (κ1) is 17.4. The van der Waals surface area contributed by atoms with Gasteiger partial charge in [0, 0.05) is 19.1 Å². The molecule has 1 aliphatic rings. The molecule has 0 aromatic heterocycles. The maximum absolute atomic E-state index is 12.5. The van der Waals surface area contributed by atoms with Gasteiger partial charge < -0.3 is 5.32 Å². The van der Waals surface area contributed by atoms with Crippen LogP contribution >= 0.6 is 12.4 Å². The van der Waals surface area contributed by atoms with Gasteiger partial charge in [-0.15, -0.1) is 12.4 Å². The minimum Gasteiger partial charge on any atom is -0.317 e. The van der Waals surface area contributed by atoms with Gasteiger partial charge in [-0.25, -0.2) is 8.42 Å². The van der Waals surface area contributed by atoms with Crippen molar-refractivity contribution in [2.24, 2.45) is 0 Å². The van der Waals surface area contributed by atoms with Crippen molar-refractivity contribution in [3.63, 3.8) is 0 Å². The highest BCUT2D eigenvalue weighted by molar-refractivity contribution is 7.89. The third-order valence-corrected chi connectivity index (χ3v) is 5.74. The van der Waals surface area contributed by atoms with Crippen molar-refractivity contribution in [3.8, 4) is 0 Å². The Bertz CT molecular complexity index is 508. The monoisotopic (exact) mass is 318 g/mol. The fraction of sp³-hybridized carbons (Fsp3) is 0.571. The minimum atomic E-state index is -3.31. The molecule has 0 spiro atoms. The molecule has 0 aliphatic carbocycles. The number of rotatable bonds is 4. The predicted octanol–water partition coefficient (Wildman–Crippen LogP) is 2.04. The van der Waals surface area contributed by atoms with Gasteiger partial charge >= 0.3 is 0 Å². The average Bonchev–Trinajstić information content (AvgIpc) is 2.47. The lowest BCUT2D eigenvalue weighted by Crippen LogP contribution is -2.43. The van der Waals surface area contributed by atoms with E-state index in [0.717, 1.165) is 24.8 Å². The SMILES string of the molecule is CCc1ccc(S(=O)(=O)N2CCC(NC)CC2)cc1.Cl. The number of hydrogen-bond acceptors (Lipinski definition) is 3. The number of aryl methyl sites for hydroxylation is 1. The number of hydrogen-bond donors (Lipinski definition) is 1. The topological polar surface area (TPSA) is 49.4 Å². The van der Waals surface area contributed by atoms with Crippen molar-refractivity contribution in [3.05, 3.63) is 29.8 Å². The molecule has 0 saturated carbocycles. The van der Waals surface area contributed by atoms with Crippen LogP contribution in [0.15, 0.2) is 29.2 Å². The fourth-order valence-corrected chi connectivity index (χ4v) is 3.90. The first-order valence-corrected chi connectivity index (χ1v) is 8.28. The molecule has 0 bridgehead atoms. The molecule has 6 heteroatoms. The van der Waals surface area contributed by atoms with Crippen LogP contribution in [0.1, 0.15) is 25.3 Å². The molecule has 1 heterocycles. The number of nitrogens with one attached hydrogen (secondary N) is 1. The van der Waals surface area contributed by atoms with Gasteiger partial charge in [0.05, 0.1) is 4.90 Å². The van der Waals surface area contributed by atoms with E-state index in [4.69, 9.17) is 0 Å². The number of benzene rings is 1. The van der Waals surface area contributed by atoms with Crippen LogP contribution in [-0.4, -0.2) is 38.9 Å². The Labute approximate surface area is 128 Å². The van der Waals surface area contributed by atoms with Crippen LogP contribution in [0.3, 0.4) is 0 Å². The minimum absolute atomic E-state index is 0. The van der Waals surface area contributed by atoms with Crippen molar-refractivity contribution < 1.29 is 8.42 Å². The molecule has 0 radical (unpaired) electrons. The van der Waals surface area contributed by atoms with E-state index in [9.17, 15) is 8.42 Å². The number of nitrogens with zero attached hydrogens (tertiary/aromatic N) is 1. The zero-order valence-electron chi connectivity index (χ0n) is 12.0. The summed E-state index contributed by atoms with van der Waals surface area (Å²) in [4.78, 5) is 0.410. The normalized spacial score (nSPS) is 17.7. The molecule has 1 aliphatic heterocycles. The molecule has 4 nitrogen and oxygen atoms in total. The highest BCUT2D eigenvalue weighted by atomic mass is 35.5. The van der Waals surface area contributed by atoms with Crippen molar-refractivity contribution in [2.45, 2.75) is 37.1 Å². The molecule has 2 rings (SSSR count). The van der Waals surface area contributed by atoms with E-state index in [2.05, 4.69) is 12.2 Å². The molecule has 1 aromatic carbocycles. The molecule has 1 saturated heterocycles. The summed E-state index contributed by atoms with van der Waals surface area (Å²) in [6.07, 6.45) is 2.68. The van der Waals surface area contributed by atoms with Gasteiger partial charge in [-0.2, -0.15) is 4.31 Å². The van der Waals surface area contributed by atoms with Gasteiger partial charge in [-0.3, -0.25) is 0 Å². The van der Waals surface area contributed by atoms with Gasteiger partial charge in [-0.1, -0.05) is 19.1 Å². The molecule has 1 fully saturated rings.